The van der Waals surface area contributed by atoms with Gasteiger partial charge in [0.05, 0.1) is 16.1 Å². The third kappa shape index (κ3) is 6.57. The minimum Gasteiger partial charge on any atom is -0.356 e. The van der Waals surface area contributed by atoms with Crippen molar-refractivity contribution in [3.63, 3.8) is 0 Å². The van der Waals surface area contributed by atoms with Crippen LogP contribution in [0.3, 0.4) is 0 Å². The monoisotopic (exact) mass is 521 g/mol. The Labute approximate surface area is 191 Å². The lowest BCUT2D eigenvalue weighted by molar-refractivity contribution is -0.138. The number of aromatic nitrogens is 1. The number of rotatable bonds is 6. The third-order valence-electron chi connectivity index (χ3n) is 5.19. The van der Waals surface area contributed by atoms with Crippen LogP contribution in [0.2, 0.25) is 0 Å². The van der Waals surface area contributed by atoms with Gasteiger partial charge in [0.25, 0.3) is 0 Å². The molecule has 0 spiro atoms. The number of amides is 1. The summed E-state index contributed by atoms with van der Waals surface area (Å²) < 4.78 is 0. The summed E-state index contributed by atoms with van der Waals surface area (Å²) >= 11 is 1.71. The molecule has 0 bridgehead atoms. The van der Waals surface area contributed by atoms with Crippen LogP contribution < -0.4 is 10.6 Å². The molecular weight excluding hydrogens is 485 g/mol. The van der Waals surface area contributed by atoms with Crippen LogP contribution in [0.25, 0.3) is 0 Å². The van der Waals surface area contributed by atoms with Gasteiger partial charge >= 0.3 is 0 Å². The summed E-state index contributed by atoms with van der Waals surface area (Å²) in [5.41, 5.74) is 0.947. The van der Waals surface area contributed by atoms with E-state index in [0.717, 1.165) is 55.3 Å². The number of halogens is 1. The number of hydrogen-bond donors (Lipinski definition) is 2. The van der Waals surface area contributed by atoms with Gasteiger partial charge in [0.2, 0.25) is 5.91 Å². The van der Waals surface area contributed by atoms with Gasteiger partial charge in [0.15, 0.2) is 5.96 Å². The number of hydrogen-bond acceptors (Lipinski definition) is 4. The van der Waals surface area contributed by atoms with Gasteiger partial charge in [0, 0.05) is 51.4 Å². The third-order valence-corrected chi connectivity index (χ3v) is 6.10. The van der Waals surface area contributed by atoms with Crippen LogP contribution in [-0.2, 0) is 16.6 Å². The van der Waals surface area contributed by atoms with Gasteiger partial charge in [-0.15, -0.1) is 35.3 Å². The number of nitrogens with zero attached hydrogens (tertiary/aromatic N) is 3. The Bertz CT molecular complexity index is 660. The molecule has 6 nitrogen and oxygen atoms in total. The number of guanidine groups is 1. The molecule has 0 atom stereocenters. The molecule has 1 heterocycles. The number of carbonyl (C=O) groups is 1. The van der Waals surface area contributed by atoms with E-state index in [1.807, 2.05) is 14.1 Å². The van der Waals surface area contributed by atoms with Crippen molar-refractivity contribution in [2.45, 2.75) is 58.3 Å². The Hall–Kier alpha value is -0.900. The van der Waals surface area contributed by atoms with Crippen LogP contribution in [0.1, 0.15) is 57.2 Å². The maximum atomic E-state index is 12.7. The molecule has 1 saturated carbocycles. The summed E-state index contributed by atoms with van der Waals surface area (Å²) in [4.78, 5) is 23.4. The molecule has 0 unspecified atom stereocenters. The van der Waals surface area contributed by atoms with Crippen molar-refractivity contribution in [2.75, 3.05) is 34.2 Å². The van der Waals surface area contributed by atoms with E-state index in [4.69, 9.17) is 4.98 Å². The van der Waals surface area contributed by atoms with E-state index < -0.39 is 0 Å². The molecule has 1 aromatic rings. The summed E-state index contributed by atoms with van der Waals surface area (Å²) in [5.74, 6) is 0.973. The summed E-state index contributed by atoms with van der Waals surface area (Å²) in [6.45, 7) is 7.96. The Morgan fingerprint density at radius 2 is 1.93 bits per heavy atom. The van der Waals surface area contributed by atoms with Crippen LogP contribution >= 0.6 is 35.3 Å². The first-order chi connectivity index (χ1) is 12.7. The number of aliphatic imine (C=N–C) groups is 1. The van der Waals surface area contributed by atoms with Gasteiger partial charge in [-0.2, -0.15) is 0 Å². The highest BCUT2D eigenvalue weighted by Crippen LogP contribution is 2.38. The average Bonchev–Trinajstić information content (AvgIpc) is 3.27. The Balaban J connectivity index is 0.00000392. The van der Waals surface area contributed by atoms with Crippen molar-refractivity contribution >= 4 is 47.2 Å². The quantitative estimate of drug-likeness (QED) is 0.342. The highest BCUT2D eigenvalue weighted by atomic mass is 127. The van der Waals surface area contributed by atoms with Gasteiger partial charge in [-0.25, -0.2) is 4.98 Å². The molecular formula is C20H36IN5OS. The summed E-state index contributed by atoms with van der Waals surface area (Å²) in [5, 5.41) is 10.0. The fourth-order valence-corrected chi connectivity index (χ4v) is 4.55. The largest absolute Gasteiger partial charge is 0.356 e. The average molecular weight is 522 g/mol. The molecule has 28 heavy (non-hydrogen) atoms. The first-order valence-electron chi connectivity index (χ1n) is 9.79. The van der Waals surface area contributed by atoms with Crippen molar-refractivity contribution in [3.8, 4) is 0 Å². The predicted molar refractivity (Wildman–Crippen MR) is 129 cm³/mol. The van der Waals surface area contributed by atoms with Gasteiger partial charge in [0.1, 0.15) is 0 Å². The van der Waals surface area contributed by atoms with E-state index in [0.29, 0.717) is 6.54 Å². The molecule has 8 heteroatoms. The van der Waals surface area contributed by atoms with E-state index in [9.17, 15) is 4.79 Å². The standard InChI is InChI=1S/C20H35N5OS.HI/c1-19(2,3)15-13-27-16(24-15)9-12-22-18(21-4)23-14-20(10-7-8-11-20)17(26)25(5)6;/h13H,7-12,14H2,1-6H3,(H2,21,22,23);1H. The van der Waals surface area contributed by atoms with Gasteiger partial charge < -0.3 is 15.5 Å². The van der Waals surface area contributed by atoms with Crippen molar-refractivity contribution in [1.82, 2.24) is 20.5 Å². The first-order valence-corrected chi connectivity index (χ1v) is 10.7. The van der Waals surface area contributed by atoms with Gasteiger partial charge in [-0.3, -0.25) is 9.79 Å². The second-order valence-corrected chi connectivity index (χ2v) is 9.61. The highest BCUT2D eigenvalue weighted by molar-refractivity contribution is 14.0. The lowest BCUT2D eigenvalue weighted by atomic mass is 9.84. The molecule has 0 aliphatic heterocycles. The van der Waals surface area contributed by atoms with Crippen molar-refractivity contribution in [2.24, 2.45) is 10.4 Å². The lowest BCUT2D eigenvalue weighted by Crippen LogP contribution is -2.49. The summed E-state index contributed by atoms with van der Waals surface area (Å²) in [6.07, 6.45) is 5.00. The second kappa shape index (κ2) is 10.8. The topological polar surface area (TPSA) is 69.6 Å². The Kier molecular flexibility index (Phi) is 9.66. The molecule has 160 valence electrons. The zero-order valence-corrected chi connectivity index (χ0v) is 21.2. The second-order valence-electron chi connectivity index (χ2n) is 8.67. The highest BCUT2D eigenvalue weighted by Gasteiger charge is 2.42. The molecule has 1 fully saturated rings. The van der Waals surface area contributed by atoms with Crippen molar-refractivity contribution in [3.05, 3.63) is 16.1 Å². The molecule has 1 aromatic heterocycles. The number of thiazole rings is 1. The SMILES string of the molecule is CN=C(NCCc1nc(C(C)(C)C)cs1)NCC1(C(=O)N(C)C)CCCC1.I. The van der Waals surface area contributed by atoms with Gasteiger partial charge in [-0.1, -0.05) is 33.6 Å². The predicted octanol–water partition coefficient (Wildman–Crippen LogP) is 3.41. The maximum Gasteiger partial charge on any atom is 0.230 e. The fraction of sp³-hybridized carbons (Fsp3) is 0.750. The van der Waals surface area contributed by atoms with E-state index in [1.165, 1.54) is 0 Å². The fourth-order valence-electron chi connectivity index (χ4n) is 3.52. The molecule has 0 radical (unpaired) electrons. The van der Waals surface area contributed by atoms with Crippen LogP contribution in [0.15, 0.2) is 10.4 Å². The Morgan fingerprint density at radius 1 is 1.29 bits per heavy atom. The van der Waals surface area contributed by atoms with E-state index in [1.54, 1.807) is 23.3 Å². The van der Waals surface area contributed by atoms with E-state index in [2.05, 4.69) is 41.8 Å². The smallest absolute Gasteiger partial charge is 0.230 e. The van der Waals surface area contributed by atoms with Crippen molar-refractivity contribution < 1.29 is 4.79 Å². The summed E-state index contributed by atoms with van der Waals surface area (Å²) in [7, 11) is 5.45. The molecule has 1 aliphatic carbocycles. The van der Waals surface area contributed by atoms with Crippen LogP contribution in [0, 0.1) is 5.41 Å². The van der Waals surface area contributed by atoms with Crippen LogP contribution in [0.4, 0.5) is 0 Å². The first kappa shape index (κ1) is 25.1. The normalized spacial score (nSPS) is 16.4. The van der Waals surface area contributed by atoms with E-state index in [-0.39, 0.29) is 40.7 Å². The maximum absolute atomic E-state index is 12.7. The molecule has 2 rings (SSSR count). The number of carbonyl (C=O) groups excluding carboxylic acids is 1. The van der Waals surface area contributed by atoms with Gasteiger partial charge in [-0.05, 0) is 12.8 Å². The zero-order chi connectivity index (χ0) is 20.1. The molecule has 0 aromatic carbocycles. The minimum absolute atomic E-state index is 0. The van der Waals surface area contributed by atoms with Crippen molar-refractivity contribution in [1.29, 1.82) is 0 Å². The van der Waals surface area contributed by atoms with E-state index >= 15 is 0 Å². The molecule has 2 N–H and O–H groups in total. The summed E-state index contributed by atoms with van der Waals surface area (Å²) in [6, 6.07) is 0. The Morgan fingerprint density at radius 3 is 2.43 bits per heavy atom. The minimum atomic E-state index is -0.294. The lowest BCUT2D eigenvalue weighted by Gasteiger charge is -2.31. The van der Waals surface area contributed by atoms with Crippen LogP contribution in [-0.4, -0.2) is 56.0 Å². The van der Waals surface area contributed by atoms with Crippen LogP contribution in [0.5, 0.6) is 0 Å². The molecule has 0 saturated heterocycles. The molecule has 1 aliphatic rings. The zero-order valence-electron chi connectivity index (χ0n) is 18.1. The number of nitrogens with one attached hydrogen (secondary N) is 2. The molecule has 1 amide bonds.